The van der Waals surface area contributed by atoms with Crippen molar-refractivity contribution in [1.82, 2.24) is 24.9 Å². The van der Waals surface area contributed by atoms with Gasteiger partial charge in [-0.15, -0.1) is 0 Å². The van der Waals surface area contributed by atoms with E-state index in [4.69, 9.17) is 16.3 Å². The highest BCUT2D eigenvalue weighted by molar-refractivity contribution is 6.29. The number of hydrogen-bond acceptors (Lipinski definition) is 7. The first-order chi connectivity index (χ1) is 14.5. The number of hydrogen-bond donors (Lipinski definition) is 2. The Morgan fingerprint density at radius 1 is 1.20 bits per heavy atom. The van der Waals surface area contributed by atoms with Crippen molar-refractivity contribution in [2.45, 2.75) is 31.7 Å². The molecule has 0 radical (unpaired) electrons. The van der Waals surface area contributed by atoms with Gasteiger partial charge in [0.25, 0.3) is 0 Å². The third-order valence-electron chi connectivity index (χ3n) is 6.33. The zero-order valence-corrected chi connectivity index (χ0v) is 17.0. The summed E-state index contributed by atoms with van der Waals surface area (Å²) in [6, 6.07) is -0.223. The SMILES string of the molecule is COC(=O)C1C2CCC(CC2)C1Nc1nc(-c2c[nH]c3ncc(Cl)nc23)ncc1F. The van der Waals surface area contributed by atoms with Crippen LogP contribution >= 0.6 is 11.6 Å². The Hall–Kier alpha value is -2.81. The van der Waals surface area contributed by atoms with Gasteiger partial charge in [0.15, 0.2) is 23.1 Å². The summed E-state index contributed by atoms with van der Waals surface area (Å²) in [6.07, 6.45) is 8.23. The summed E-state index contributed by atoms with van der Waals surface area (Å²) in [5.74, 6) is -0.262. The lowest BCUT2D eigenvalue weighted by atomic mass is 9.61. The molecular formula is C20H20ClFN6O2. The van der Waals surface area contributed by atoms with Crippen LogP contribution in [0.25, 0.3) is 22.6 Å². The number of aromatic nitrogens is 5. The maximum atomic E-state index is 14.6. The summed E-state index contributed by atoms with van der Waals surface area (Å²) in [7, 11) is 1.40. The molecule has 3 heterocycles. The number of methoxy groups -OCH3 is 1. The summed E-state index contributed by atoms with van der Waals surface area (Å²) >= 11 is 5.97. The van der Waals surface area contributed by atoms with E-state index in [9.17, 15) is 9.18 Å². The van der Waals surface area contributed by atoms with Gasteiger partial charge in [0.1, 0.15) is 10.7 Å². The molecule has 0 spiro atoms. The fraction of sp³-hybridized carbons (Fsp3) is 0.450. The Labute approximate surface area is 176 Å². The molecule has 0 amide bonds. The Bertz CT molecular complexity index is 1110. The molecule has 3 aliphatic rings. The van der Waals surface area contributed by atoms with Crippen LogP contribution in [0.1, 0.15) is 25.7 Å². The molecule has 156 valence electrons. The second kappa shape index (κ2) is 7.46. The van der Waals surface area contributed by atoms with Crippen LogP contribution < -0.4 is 5.32 Å². The molecule has 0 saturated heterocycles. The van der Waals surface area contributed by atoms with E-state index in [1.54, 1.807) is 6.20 Å². The summed E-state index contributed by atoms with van der Waals surface area (Å²) in [5.41, 5.74) is 1.61. The number of anilines is 1. The highest BCUT2D eigenvalue weighted by atomic mass is 35.5. The summed E-state index contributed by atoms with van der Waals surface area (Å²) in [5, 5.41) is 3.45. The van der Waals surface area contributed by atoms with Gasteiger partial charge in [-0.2, -0.15) is 0 Å². The number of H-pyrrole nitrogens is 1. The molecule has 30 heavy (non-hydrogen) atoms. The van der Waals surface area contributed by atoms with Crippen LogP contribution in [0.15, 0.2) is 18.6 Å². The minimum atomic E-state index is -0.576. The lowest BCUT2D eigenvalue weighted by Gasteiger charge is -2.47. The molecule has 2 unspecified atom stereocenters. The highest BCUT2D eigenvalue weighted by Crippen LogP contribution is 2.46. The third-order valence-corrected chi connectivity index (χ3v) is 6.51. The summed E-state index contributed by atoms with van der Waals surface area (Å²) in [4.78, 5) is 32.4. The zero-order chi connectivity index (χ0) is 20.8. The van der Waals surface area contributed by atoms with E-state index in [-0.39, 0.29) is 46.6 Å². The molecule has 0 aromatic carbocycles. The minimum Gasteiger partial charge on any atom is -0.469 e. The Morgan fingerprint density at radius 2 is 1.97 bits per heavy atom. The molecule has 8 nitrogen and oxygen atoms in total. The fourth-order valence-corrected chi connectivity index (χ4v) is 5.06. The highest BCUT2D eigenvalue weighted by Gasteiger charge is 2.48. The van der Waals surface area contributed by atoms with E-state index in [2.05, 4.69) is 30.2 Å². The van der Waals surface area contributed by atoms with E-state index in [0.717, 1.165) is 31.9 Å². The lowest BCUT2D eigenvalue weighted by Crippen LogP contribution is -2.52. The minimum absolute atomic E-state index is 0.0655. The Balaban J connectivity index is 1.50. The number of carbonyl (C=O) groups is 1. The number of esters is 1. The van der Waals surface area contributed by atoms with Crippen LogP contribution in [-0.2, 0) is 9.53 Å². The molecule has 2 bridgehead atoms. The van der Waals surface area contributed by atoms with Crippen LogP contribution in [0.3, 0.4) is 0 Å². The van der Waals surface area contributed by atoms with Crippen molar-refractivity contribution >= 4 is 34.6 Å². The average molecular weight is 431 g/mol. The number of halogens is 2. The van der Waals surface area contributed by atoms with Gasteiger partial charge in [0.05, 0.1) is 31.0 Å². The van der Waals surface area contributed by atoms with Gasteiger partial charge >= 0.3 is 5.97 Å². The van der Waals surface area contributed by atoms with Crippen LogP contribution in [0.2, 0.25) is 5.15 Å². The number of aromatic amines is 1. The van der Waals surface area contributed by atoms with E-state index in [1.165, 1.54) is 13.3 Å². The fourth-order valence-electron chi connectivity index (χ4n) is 4.93. The summed E-state index contributed by atoms with van der Waals surface area (Å²) < 4.78 is 19.7. The molecule has 3 aromatic heterocycles. The molecule has 3 aliphatic carbocycles. The van der Waals surface area contributed by atoms with Gasteiger partial charge in [-0.05, 0) is 37.5 Å². The van der Waals surface area contributed by atoms with E-state index in [1.807, 2.05) is 0 Å². The van der Waals surface area contributed by atoms with Crippen molar-refractivity contribution in [3.05, 3.63) is 29.6 Å². The molecular weight excluding hydrogens is 411 g/mol. The largest absolute Gasteiger partial charge is 0.469 e. The summed E-state index contributed by atoms with van der Waals surface area (Å²) in [6.45, 7) is 0. The number of fused-ring (bicyclic) bond motifs is 4. The van der Waals surface area contributed by atoms with Gasteiger partial charge in [-0.1, -0.05) is 11.6 Å². The quantitative estimate of drug-likeness (QED) is 0.609. The molecule has 10 heteroatoms. The van der Waals surface area contributed by atoms with Gasteiger partial charge < -0.3 is 15.0 Å². The number of ether oxygens (including phenoxy) is 1. The first-order valence-electron chi connectivity index (χ1n) is 9.92. The van der Waals surface area contributed by atoms with Crippen LogP contribution in [-0.4, -0.2) is 44.0 Å². The molecule has 3 fully saturated rings. The van der Waals surface area contributed by atoms with Crippen LogP contribution in [0.5, 0.6) is 0 Å². The average Bonchev–Trinajstić information content (AvgIpc) is 3.18. The van der Waals surface area contributed by atoms with Crippen molar-refractivity contribution in [2.75, 3.05) is 12.4 Å². The normalized spacial score (nSPS) is 25.4. The maximum absolute atomic E-state index is 14.6. The number of rotatable bonds is 4. The van der Waals surface area contributed by atoms with Crippen LogP contribution in [0, 0.1) is 23.6 Å². The smallest absolute Gasteiger partial charge is 0.311 e. The van der Waals surface area contributed by atoms with Crippen molar-refractivity contribution in [3.63, 3.8) is 0 Å². The third kappa shape index (κ3) is 3.17. The first-order valence-corrected chi connectivity index (χ1v) is 10.3. The Kier molecular flexibility index (Phi) is 4.77. The second-order valence-corrected chi connectivity index (χ2v) is 8.26. The molecule has 2 atom stereocenters. The number of carbonyl (C=O) groups excluding carboxylic acids is 1. The van der Waals surface area contributed by atoms with Crippen LogP contribution in [0.4, 0.5) is 10.2 Å². The van der Waals surface area contributed by atoms with Gasteiger partial charge in [0.2, 0.25) is 0 Å². The molecule has 3 saturated carbocycles. The van der Waals surface area contributed by atoms with E-state index >= 15 is 0 Å². The standard InChI is InChI=1S/C20H20ClFN6O2/c1-30-20(29)14-9-2-4-10(5-3-9)15(14)27-18-12(22)7-24-17(28-18)11-6-23-19-16(11)26-13(21)8-25-19/h6-10,14-15H,2-5H2,1H3,(H,23,25)(H,24,27,28). The number of nitrogens with zero attached hydrogens (tertiary/aromatic N) is 4. The second-order valence-electron chi connectivity index (χ2n) is 7.88. The first kappa shape index (κ1) is 19.2. The number of nitrogens with one attached hydrogen (secondary N) is 2. The Morgan fingerprint density at radius 3 is 2.73 bits per heavy atom. The predicted molar refractivity (Wildman–Crippen MR) is 108 cm³/mol. The zero-order valence-electron chi connectivity index (χ0n) is 16.2. The van der Waals surface area contributed by atoms with Gasteiger partial charge in [-0.25, -0.2) is 24.3 Å². The van der Waals surface area contributed by atoms with Gasteiger partial charge in [0, 0.05) is 12.2 Å². The van der Waals surface area contributed by atoms with Gasteiger partial charge in [-0.3, -0.25) is 4.79 Å². The molecule has 3 aromatic rings. The topological polar surface area (TPSA) is 106 Å². The molecule has 6 rings (SSSR count). The van der Waals surface area contributed by atoms with Crippen molar-refractivity contribution in [3.8, 4) is 11.4 Å². The maximum Gasteiger partial charge on any atom is 0.311 e. The monoisotopic (exact) mass is 430 g/mol. The van der Waals surface area contributed by atoms with E-state index < -0.39 is 5.82 Å². The molecule has 2 N–H and O–H groups in total. The lowest BCUT2D eigenvalue weighted by molar-refractivity contribution is -0.152. The molecule has 0 aliphatic heterocycles. The van der Waals surface area contributed by atoms with Crippen molar-refractivity contribution in [2.24, 2.45) is 17.8 Å². The van der Waals surface area contributed by atoms with Crippen molar-refractivity contribution < 1.29 is 13.9 Å². The van der Waals surface area contributed by atoms with Crippen molar-refractivity contribution in [1.29, 1.82) is 0 Å². The van der Waals surface area contributed by atoms with E-state index in [0.29, 0.717) is 16.7 Å². The predicted octanol–water partition coefficient (Wildman–Crippen LogP) is 3.60.